The Labute approximate surface area is 128 Å². The molecule has 112 valence electrons. The van der Waals surface area contributed by atoms with Gasteiger partial charge in [0, 0.05) is 5.54 Å². The van der Waals surface area contributed by atoms with E-state index in [0.29, 0.717) is 24.0 Å². The molecule has 0 aromatic heterocycles. The van der Waals surface area contributed by atoms with Gasteiger partial charge in [0.2, 0.25) is 0 Å². The zero-order valence-corrected chi connectivity index (χ0v) is 14.2. The largest absolute Gasteiger partial charge is 0.493 e. The summed E-state index contributed by atoms with van der Waals surface area (Å²) in [7, 11) is 3.21. The first-order valence-corrected chi connectivity index (χ1v) is 7.04. The van der Waals surface area contributed by atoms with Crippen LogP contribution in [-0.2, 0) is 6.54 Å². The summed E-state index contributed by atoms with van der Waals surface area (Å²) in [5.74, 6) is 1.75. The standard InChI is InChI=1S/C14H22BrN3O2/c1-14(2,3)18-13(16)17-8-9-6-10(15)12(20-5)11(7-9)19-4/h6-7H,8H2,1-5H3,(H3,16,17,18). The minimum Gasteiger partial charge on any atom is -0.493 e. The fraction of sp³-hybridized carbons (Fsp3) is 0.500. The number of nitrogens with one attached hydrogen (secondary N) is 1. The summed E-state index contributed by atoms with van der Waals surface area (Å²) < 4.78 is 11.4. The molecule has 3 N–H and O–H groups in total. The Morgan fingerprint density at radius 3 is 2.45 bits per heavy atom. The lowest BCUT2D eigenvalue weighted by Gasteiger charge is -2.21. The van der Waals surface area contributed by atoms with Crippen molar-refractivity contribution in [3.05, 3.63) is 22.2 Å². The van der Waals surface area contributed by atoms with Crippen molar-refractivity contribution in [2.45, 2.75) is 32.9 Å². The van der Waals surface area contributed by atoms with Gasteiger partial charge in [0.25, 0.3) is 0 Å². The van der Waals surface area contributed by atoms with Gasteiger partial charge in [-0.1, -0.05) is 0 Å². The van der Waals surface area contributed by atoms with E-state index in [0.717, 1.165) is 10.0 Å². The number of nitrogens with zero attached hydrogens (tertiary/aromatic N) is 1. The number of hydrogen-bond donors (Lipinski definition) is 2. The monoisotopic (exact) mass is 343 g/mol. The van der Waals surface area contributed by atoms with Gasteiger partial charge >= 0.3 is 0 Å². The van der Waals surface area contributed by atoms with Crippen LogP contribution < -0.4 is 20.5 Å². The molecule has 0 radical (unpaired) electrons. The molecule has 0 heterocycles. The maximum Gasteiger partial charge on any atom is 0.189 e. The van der Waals surface area contributed by atoms with E-state index < -0.39 is 0 Å². The van der Waals surface area contributed by atoms with Crippen LogP contribution in [0.15, 0.2) is 21.6 Å². The van der Waals surface area contributed by atoms with Crippen LogP contribution in [0.25, 0.3) is 0 Å². The Balaban J connectivity index is 2.89. The highest BCUT2D eigenvalue weighted by Crippen LogP contribution is 2.36. The highest BCUT2D eigenvalue weighted by molar-refractivity contribution is 9.10. The average molecular weight is 344 g/mol. The van der Waals surface area contributed by atoms with Crippen molar-refractivity contribution in [1.29, 1.82) is 0 Å². The maximum atomic E-state index is 5.84. The first-order valence-electron chi connectivity index (χ1n) is 6.25. The zero-order valence-electron chi connectivity index (χ0n) is 12.6. The molecule has 0 aliphatic carbocycles. The number of nitrogens with two attached hydrogens (primary N) is 1. The molecule has 1 aromatic rings. The number of rotatable bonds is 4. The van der Waals surface area contributed by atoms with Crippen LogP contribution in [0.2, 0.25) is 0 Å². The predicted molar refractivity (Wildman–Crippen MR) is 85.5 cm³/mol. The lowest BCUT2D eigenvalue weighted by molar-refractivity contribution is 0.352. The Morgan fingerprint density at radius 1 is 1.30 bits per heavy atom. The highest BCUT2D eigenvalue weighted by Gasteiger charge is 2.12. The van der Waals surface area contributed by atoms with Gasteiger partial charge in [-0.2, -0.15) is 0 Å². The molecule has 20 heavy (non-hydrogen) atoms. The third-order valence-electron chi connectivity index (χ3n) is 2.43. The molecular weight excluding hydrogens is 322 g/mol. The second-order valence-electron chi connectivity index (χ2n) is 5.39. The summed E-state index contributed by atoms with van der Waals surface area (Å²) in [6, 6.07) is 3.83. The minimum atomic E-state index is -0.105. The Bertz CT molecular complexity index is 496. The molecular formula is C14H22BrN3O2. The van der Waals surface area contributed by atoms with E-state index in [1.165, 1.54) is 0 Å². The maximum absolute atomic E-state index is 5.84. The fourth-order valence-electron chi connectivity index (χ4n) is 1.66. The van der Waals surface area contributed by atoms with Crippen LogP contribution in [0, 0.1) is 0 Å². The molecule has 0 aliphatic rings. The van der Waals surface area contributed by atoms with Gasteiger partial charge in [-0.3, -0.25) is 0 Å². The van der Waals surface area contributed by atoms with Crippen LogP contribution in [0.1, 0.15) is 26.3 Å². The van der Waals surface area contributed by atoms with Gasteiger partial charge in [0.1, 0.15) is 0 Å². The number of ether oxygens (including phenoxy) is 2. The van der Waals surface area contributed by atoms with Gasteiger partial charge in [-0.25, -0.2) is 4.99 Å². The molecule has 0 saturated heterocycles. The van der Waals surface area contributed by atoms with Gasteiger partial charge in [-0.15, -0.1) is 0 Å². The first kappa shape index (κ1) is 16.6. The van der Waals surface area contributed by atoms with E-state index in [1.807, 2.05) is 32.9 Å². The van der Waals surface area contributed by atoms with Crippen molar-refractivity contribution in [3.8, 4) is 11.5 Å². The molecule has 0 amide bonds. The van der Waals surface area contributed by atoms with Crippen LogP contribution in [-0.4, -0.2) is 25.7 Å². The van der Waals surface area contributed by atoms with E-state index in [4.69, 9.17) is 15.2 Å². The summed E-state index contributed by atoms with van der Waals surface area (Å²) >= 11 is 3.45. The summed E-state index contributed by atoms with van der Waals surface area (Å²) in [5, 5.41) is 3.12. The summed E-state index contributed by atoms with van der Waals surface area (Å²) in [6.07, 6.45) is 0. The Hall–Kier alpha value is -1.43. The molecule has 0 saturated carbocycles. The predicted octanol–water partition coefficient (Wildman–Crippen LogP) is 2.67. The molecule has 6 heteroatoms. The number of halogens is 1. The van der Waals surface area contributed by atoms with Crippen LogP contribution >= 0.6 is 15.9 Å². The van der Waals surface area contributed by atoms with Gasteiger partial charge in [-0.05, 0) is 54.4 Å². The van der Waals surface area contributed by atoms with Crippen molar-refractivity contribution in [2.75, 3.05) is 14.2 Å². The summed E-state index contributed by atoms with van der Waals surface area (Å²) in [4.78, 5) is 4.32. The fourth-order valence-corrected chi connectivity index (χ4v) is 2.31. The number of guanidine groups is 1. The van der Waals surface area contributed by atoms with Crippen molar-refractivity contribution in [3.63, 3.8) is 0 Å². The van der Waals surface area contributed by atoms with Crippen molar-refractivity contribution in [1.82, 2.24) is 5.32 Å². The first-order chi connectivity index (χ1) is 9.26. The normalized spacial score (nSPS) is 12.2. The van der Waals surface area contributed by atoms with Crippen molar-refractivity contribution >= 4 is 21.9 Å². The Morgan fingerprint density at radius 2 is 1.95 bits per heavy atom. The molecule has 0 bridgehead atoms. The van der Waals surface area contributed by atoms with Crippen LogP contribution in [0.4, 0.5) is 0 Å². The summed E-state index contributed by atoms with van der Waals surface area (Å²) in [5.41, 5.74) is 6.72. The van der Waals surface area contributed by atoms with E-state index in [1.54, 1.807) is 14.2 Å². The third-order valence-corrected chi connectivity index (χ3v) is 3.02. The molecule has 5 nitrogen and oxygen atoms in total. The number of benzene rings is 1. The smallest absolute Gasteiger partial charge is 0.189 e. The zero-order chi connectivity index (χ0) is 15.3. The average Bonchev–Trinajstić information content (AvgIpc) is 2.33. The van der Waals surface area contributed by atoms with Crippen LogP contribution in [0.5, 0.6) is 11.5 Å². The van der Waals surface area contributed by atoms with E-state index in [-0.39, 0.29) is 5.54 Å². The topological polar surface area (TPSA) is 68.9 Å². The second kappa shape index (κ2) is 6.83. The highest BCUT2D eigenvalue weighted by atomic mass is 79.9. The number of hydrogen-bond acceptors (Lipinski definition) is 3. The number of methoxy groups -OCH3 is 2. The van der Waals surface area contributed by atoms with E-state index >= 15 is 0 Å². The molecule has 0 unspecified atom stereocenters. The van der Waals surface area contributed by atoms with E-state index in [2.05, 4.69) is 26.2 Å². The minimum absolute atomic E-state index is 0.105. The molecule has 0 spiro atoms. The quantitative estimate of drug-likeness (QED) is 0.651. The Kier molecular flexibility index (Phi) is 5.68. The molecule has 0 aliphatic heterocycles. The number of aliphatic imine (C=N–C) groups is 1. The van der Waals surface area contributed by atoms with Gasteiger partial charge in [0.05, 0.1) is 25.2 Å². The van der Waals surface area contributed by atoms with Gasteiger partial charge < -0.3 is 20.5 Å². The SMILES string of the molecule is COc1cc(CN=C(N)NC(C)(C)C)cc(Br)c1OC. The lowest BCUT2D eigenvalue weighted by Crippen LogP contribution is -2.44. The molecule has 1 aromatic carbocycles. The van der Waals surface area contributed by atoms with Crippen molar-refractivity contribution in [2.24, 2.45) is 10.7 Å². The van der Waals surface area contributed by atoms with Crippen molar-refractivity contribution < 1.29 is 9.47 Å². The molecule has 0 atom stereocenters. The molecule has 0 fully saturated rings. The lowest BCUT2D eigenvalue weighted by atomic mass is 10.1. The molecule has 1 rings (SSSR count). The third kappa shape index (κ3) is 4.92. The second-order valence-corrected chi connectivity index (χ2v) is 6.24. The van der Waals surface area contributed by atoms with E-state index in [9.17, 15) is 0 Å². The summed E-state index contributed by atoms with van der Waals surface area (Å²) in [6.45, 7) is 6.56. The van der Waals surface area contributed by atoms with Crippen LogP contribution in [0.3, 0.4) is 0 Å². The van der Waals surface area contributed by atoms with Gasteiger partial charge in [0.15, 0.2) is 17.5 Å².